The predicted molar refractivity (Wildman–Crippen MR) is 77.0 cm³/mol. The third kappa shape index (κ3) is 4.57. The first-order valence-electron chi connectivity index (χ1n) is 6.30. The van der Waals surface area contributed by atoms with Crippen molar-refractivity contribution in [3.8, 4) is 0 Å². The van der Waals surface area contributed by atoms with Gasteiger partial charge in [0.2, 0.25) is 11.1 Å². The largest absolute Gasteiger partial charge is 0.396 e. The van der Waals surface area contributed by atoms with Crippen molar-refractivity contribution in [3.05, 3.63) is 21.1 Å². The van der Waals surface area contributed by atoms with Crippen LogP contribution in [0.15, 0.2) is 0 Å². The SMILES string of the molecule is Cc1nc(Cl)nc(NCC(C)(C)CCCO)c1[N+](=O)[O-]. The molecule has 1 heterocycles. The van der Waals surface area contributed by atoms with Crippen LogP contribution in [0.4, 0.5) is 11.5 Å². The second-order valence-electron chi connectivity index (χ2n) is 5.38. The minimum absolute atomic E-state index is 0.0243. The average molecular weight is 303 g/mol. The number of rotatable bonds is 7. The third-order valence-electron chi connectivity index (χ3n) is 2.96. The number of nitrogens with zero attached hydrogens (tertiary/aromatic N) is 3. The van der Waals surface area contributed by atoms with E-state index in [-0.39, 0.29) is 34.5 Å². The Kier molecular flexibility index (Phi) is 5.64. The molecular weight excluding hydrogens is 284 g/mol. The zero-order chi connectivity index (χ0) is 15.3. The van der Waals surface area contributed by atoms with E-state index in [4.69, 9.17) is 16.7 Å². The second-order valence-corrected chi connectivity index (χ2v) is 5.72. The van der Waals surface area contributed by atoms with Crippen molar-refractivity contribution >= 4 is 23.1 Å². The Bertz CT molecular complexity index is 494. The molecule has 0 bridgehead atoms. The lowest BCUT2D eigenvalue weighted by atomic mass is 9.88. The molecule has 0 unspecified atom stereocenters. The van der Waals surface area contributed by atoms with Crippen molar-refractivity contribution in [2.45, 2.75) is 33.6 Å². The summed E-state index contributed by atoms with van der Waals surface area (Å²) in [7, 11) is 0. The maximum atomic E-state index is 11.1. The summed E-state index contributed by atoms with van der Waals surface area (Å²) < 4.78 is 0. The van der Waals surface area contributed by atoms with Gasteiger partial charge in [0.25, 0.3) is 0 Å². The summed E-state index contributed by atoms with van der Waals surface area (Å²) in [5.74, 6) is 0.129. The summed E-state index contributed by atoms with van der Waals surface area (Å²) in [6, 6.07) is 0. The highest BCUT2D eigenvalue weighted by molar-refractivity contribution is 6.28. The maximum absolute atomic E-state index is 11.1. The van der Waals surface area contributed by atoms with Crippen LogP contribution >= 0.6 is 11.6 Å². The van der Waals surface area contributed by atoms with Gasteiger partial charge in [-0.15, -0.1) is 0 Å². The van der Waals surface area contributed by atoms with Gasteiger partial charge in [-0.05, 0) is 36.8 Å². The Morgan fingerprint density at radius 1 is 1.45 bits per heavy atom. The molecule has 20 heavy (non-hydrogen) atoms. The quantitative estimate of drug-likeness (QED) is 0.456. The van der Waals surface area contributed by atoms with Crippen LogP contribution in [0, 0.1) is 22.5 Å². The number of aromatic nitrogens is 2. The lowest BCUT2D eigenvalue weighted by Gasteiger charge is -2.24. The second kappa shape index (κ2) is 6.81. The molecule has 2 N–H and O–H groups in total. The molecule has 112 valence electrons. The molecule has 7 nitrogen and oxygen atoms in total. The molecule has 1 aromatic rings. The summed E-state index contributed by atoms with van der Waals surface area (Å²) in [6.45, 7) is 6.16. The van der Waals surface area contributed by atoms with Crippen LogP contribution in [0.1, 0.15) is 32.4 Å². The molecule has 0 atom stereocenters. The number of hydrogen-bond acceptors (Lipinski definition) is 6. The molecule has 1 rings (SSSR count). The average Bonchev–Trinajstić information content (AvgIpc) is 2.32. The van der Waals surface area contributed by atoms with Gasteiger partial charge in [-0.25, -0.2) is 4.98 Å². The van der Waals surface area contributed by atoms with Crippen LogP contribution in [0.5, 0.6) is 0 Å². The number of hydrogen-bond donors (Lipinski definition) is 2. The summed E-state index contributed by atoms with van der Waals surface area (Å²) in [4.78, 5) is 18.2. The summed E-state index contributed by atoms with van der Waals surface area (Å²) in [5.41, 5.74) is -0.0555. The minimum Gasteiger partial charge on any atom is -0.396 e. The molecule has 0 amide bonds. The molecule has 0 radical (unpaired) electrons. The maximum Gasteiger partial charge on any atom is 0.332 e. The molecule has 0 spiro atoms. The Morgan fingerprint density at radius 2 is 2.10 bits per heavy atom. The van der Waals surface area contributed by atoms with Crippen LogP contribution in [-0.4, -0.2) is 33.1 Å². The van der Waals surface area contributed by atoms with E-state index in [1.165, 1.54) is 6.92 Å². The molecule has 0 aliphatic rings. The first kappa shape index (κ1) is 16.6. The Labute approximate surface area is 122 Å². The fourth-order valence-corrected chi connectivity index (χ4v) is 2.06. The lowest BCUT2D eigenvalue weighted by Crippen LogP contribution is -2.24. The van der Waals surface area contributed by atoms with Gasteiger partial charge in [0.15, 0.2) is 0 Å². The van der Waals surface area contributed by atoms with Gasteiger partial charge in [-0.2, -0.15) is 4.98 Å². The van der Waals surface area contributed by atoms with Crippen molar-refractivity contribution in [1.29, 1.82) is 0 Å². The third-order valence-corrected chi connectivity index (χ3v) is 3.13. The van der Waals surface area contributed by atoms with E-state index in [0.29, 0.717) is 13.0 Å². The fraction of sp³-hybridized carbons (Fsp3) is 0.667. The monoisotopic (exact) mass is 302 g/mol. The summed E-state index contributed by atoms with van der Waals surface area (Å²) in [6.07, 6.45) is 1.47. The van der Waals surface area contributed by atoms with Crippen LogP contribution < -0.4 is 5.32 Å². The van der Waals surface area contributed by atoms with E-state index in [0.717, 1.165) is 6.42 Å². The molecule has 0 aliphatic heterocycles. The van der Waals surface area contributed by atoms with Crippen LogP contribution in [-0.2, 0) is 0 Å². The van der Waals surface area contributed by atoms with Crippen molar-refractivity contribution in [3.63, 3.8) is 0 Å². The number of nitrogens with one attached hydrogen (secondary N) is 1. The van der Waals surface area contributed by atoms with Gasteiger partial charge in [0, 0.05) is 13.2 Å². The number of aliphatic hydroxyl groups excluding tert-OH is 1. The van der Waals surface area contributed by atoms with E-state index in [2.05, 4.69) is 15.3 Å². The molecule has 1 aromatic heterocycles. The van der Waals surface area contributed by atoms with Crippen molar-refractivity contribution < 1.29 is 10.0 Å². The Balaban J connectivity index is 2.89. The van der Waals surface area contributed by atoms with Crippen LogP contribution in [0.2, 0.25) is 5.28 Å². The van der Waals surface area contributed by atoms with E-state index in [1.54, 1.807) is 0 Å². The molecule has 0 aliphatic carbocycles. The molecule has 0 saturated heterocycles. The summed E-state index contributed by atoms with van der Waals surface area (Å²) >= 11 is 5.74. The van der Waals surface area contributed by atoms with Gasteiger partial charge in [-0.3, -0.25) is 10.1 Å². The van der Waals surface area contributed by atoms with Gasteiger partial charge in [-0.1, -0.05) is 13.8 Å². The molecule has 0 saturated carbocycles. The van der Waals surface area contributed by atoms with Gasteiger partial charge >= 0.3 is 5.69 Å². The molecule has 0 aromatic carbocycles. The van der Waals surface area contributed by atoms with Gasteiger partial charge < -0.3 is 10.4 Å². The highest BCUT2D eigenvalue weighted by atomic mass is 35.5. The van der Waals surface area contributed by atoms with E-state index in [1.807, 2.05) is 13.8 Å². The van der Waals surface area contributed by atoms with E-state index >= 15 is 0 Å². The smallest absolute Gasteiger partial charge is 0.332 e. The number of aryl methyl sites for hydroxylation is 1. The minimum atomic E-state index is -0.519. The van der Waals surface area contributed by atoms with Crippen molar-refractivity contribution in [2.75, 3.05) is 18.5 Å². The van der Waals surface area contributed by atoms with Crippen molar-refractivity contribution in [1.82, 2.24) is 9.97 Å². The van der Waals surface area contributed by atoms with Crippen LogP contribution in [0.25, 0.3) is 0 Å². The first-order valence-corrected chi connectivity index (χ1v) is 6.68. The number of anilines is 1. The lowest BCUT2D eigenvalue weighted by molar-refractivity contribution is -0.385. The fourth-order valence-electron chi connectivity index (χ4n) is 1.84. The highest BCUT2D eigenvalue weighted by Crippen LogP contribution is 2.29. The molecule has 8 heteroatoms. The number of aliphatic hydroxyl groups is 1. The molecule has 0 fully saturated rings. The van der Waals surface area contributed by atoms with Gasteiger partial charge in [0.1, 0.15) is 5.69 Å². The highest BCUT2D eigenvalue weighted by Gasteiger charge is 2.24. The normalized spacial score (nSPS) is 11.4. The van der Waals surface area contributed by atoms with Crippen LogP contribution in [0.3, 0.4) is 0 Å². The first-order chi connectivity index (χ1) is 9.26. The van der Waals surface area contributed by atoms with E-state index in [9.17, 15) is 10.1 Å². The number of nitro groups is 1. The predicted octanol–water partition coefficient (Wildman–Crippen LogP) is 2.56. The zero-order valence-corrected chi connectivity index (χ0v) is 12.6. The Morgan fingerprint density at radius 3 is 2.65 bits per heavy atom. The standard InChI is InChI=1S/C12H19ClN4O3/c1-8-9(17(19)20)10(16-11(13)15-8)14-7-12(2,3)5-4-6-18/h18H,4-7H2,1-3H3,(H,14,15,16). The zero-order valence-electron chi connectivity index (χ0n) is 11.8. The van der Waals surface area contributed by atoms with Crippen molar-refractivity contribution in [2.24, 2.45) is 5.41 Å². The Hall–Kier alpha value is -1.47. The van der Waals surface area contributed by atoms with Gasteiger partial charge in [0.05, 0.1) is 4.92 Å². The number of halogens is 1. The topological polar surface area (TPSA) is 101 Å². The molecular formula is C12H19ClN4O3. The summed E-state index contributed by atoms with van der Waals surface area (Å²) in [5, 5.41) is 22.9. The van der Waals surface area contributed by atoms with E-state index < -0.39 is 4.92 Å².